The first-order valence-corrected chi connectivity index (χ1v) is 12.6. The van der Waals surface area contributed by atoms with Crippen LogP contribution < -0.4 is 5.32 Å². The monoisotopic (exact) mass is 479 g/mol. The molecule has 2 N–H and O–H groups in total. The predicted molar refractivity (Wildman–Crippen MR) is 122 cm³/mol. The van der Waals surface area contributed by atoms with Crippen LogP contribution in [0.15, 0.2) is 59.8 Å². The molecule has 0 saturated carbocycles. The highest BCUT2D eigenvalue weighted by Crippen LogP contribution is 2.18. The second-order valence-electron chi connectivity index (χ2n) is 6.69. The molecular formula is C20H22ClN5O3S2. The Kier molecular flexibility index (Phi) is 8.08. The van der Waals surface area contributed by atoms with Crippen molar-refractivity contribution in [2.24, 2.45) is 0 Å². The van der Waals surface area contributed by atoms with E-state index in [9.17, 15) is 13.2 Å². The number of benzene rings is 2. The van der Waals surface area contributed by atoms with E-state index in [2.05, 4.69) is 20.5 Å². The number of sulfonamides is 1. The van der Waals surface area contributed by atoms with Crippen LogP contribution in [0.5, 0.6) is 0 Å². The molecule has 2 aromatic carbocycles. The van der Waals surface area contributed by atoms with Crippen molar-refractivity contribution in [2.45, 2.75) is 11.7 Å². The Morgan fingerprint density at radius 3 is 2.55 bits per heavy atom. The van der Waals surface area contributed by atoms with Crippen molar-refractivity contribution >= 4 is 39.3 Å². The zero-order valence-electron chi connectivity index (χ0n) is 16.8. The molecule has 0 spiro atoms. The smallest absolute Gasteiger partial charge is 0.235 e. The fourth-order valence-electron chi connectivity index (χ4n) is 2.67. The van der Waals surface area contributed by atoms with Crippen molar-refractivity contribution in [3.8, 4) is 11.4 Å². The summed E-state index contributed by atoms with van der Waals surface area (Å²) in [4.78, 5) is 16.7. The van der Waals surface area contributed by atoms with Crippen molar-refractivity contribution in [2.75, 3.05) is 25.1 Å². The van der Waals surface area contributed by atoms with Gasteiger partial charge in [-0.25, -0.2) is 13.4 Å². The lowest BCUT2D eigenvalue weighted by atomic mass is 10.2. The molecule has 8 nitrogen and oxygen atoms in total. The Morgan fingerprint density at radius 1 is 1.16 bits per heavy atom. The van der Waals surface area contributed by atoms with Gasteiger partial charge < -0.3 is 5.32 Å². The fraction of sp³-hybridized carbons (Fsp3) is 0.250. The van der Waals surface area contributed by atoms with Gasteiger partial charge in [0.15, 0.2) is 5.82 Å². The Labute approximate surface area is 190 Å². The van der Waals surface area contributed by atoms with E-state index in [1.165, 1.54) is 11.8 Å². The third-order valence-corrected chi connectivity index (χ3v) is 6.53. The summed E-state index contributed by atoms with van der Waals surface area (Å²) >= 11 is 7.26. The van der Waals surface area contributed by atoms with Gasteiger partial charge in [-0.2, -0.15) is 4.31 Å². The second kappa shape index (κ2) is 10.8. The van der Waals surface area contributed by atoms with Crippen LogP contribution in [0.3, 0.4) is 0 Å². The van der Waals surface area contributed by atoms with E-state index in [0.717, 1.165) is 21.7 Å². The predicted octanol–water partition coefficient (Wildman–Crippen LogP) is 2.80. The minimum absolute atomic E-state index is 0.0949. The summed E-state index contributed by atoms with van der Waals surface area (Å²) in [6.07, 6.45) is 1.08. The van der Waals surface area contributed by atoms with E-state index < -0.39 is 10.0 Å². The molecule has 0 atom stereocenters. The number of rotatable bonds is 10. The maximum Gasteiger partial charge on any atom is 0.235 e. The van der Waals surface area contributed by atoms with Crippen molar-refractivity contribution in [1.82, 2.24) is 24.8 Å². The van der Waals surface area contributed by atoms with E-state index in [-0.39, 0.29) is 19.0 Å². The van der Waals surface area contributed by atoms with Gasteiger partial charge in [0.1, 0.15) is 0 Å². The molecule has 0 aliphatic rings. The number of aromatic amines is 1. The van der Waals surface area contributed by atoms with E-state index in [4.69, 9.17) is 11.6 Å². The number of nitrogens with zero attached hydrogens (tertiary/aromatic N) is 3. The molecule has 0 unspecified atom stereocenters. The molecule has 0 aliphatic carbocycles. The van der Waals surface area contributed by atoms with Crippen LogP contribution in [-0.4, -0.2) is 58.9 Å². The quantitative estimate of drug-likeness (QED) is 0.342. The van der Waals surface area contributed by atoms with Gasteiger partial charge in [0.25, 0.3) is 0 Å². The van der Waals surface area contributed by atoms with Crippen molar-refractivity contribution < 1.29 is 13.2 Å². The fourth-order valence-corrected chi connectivity index (χ4v) is 4.18. The highest BCUT2D eigenvalue weighted by Gasteiger charge is 2.20. The first kappa shape index (κ1) is 23.3. The molecule has 0 fully saturated rings. The zero-order chi connectivity index (χ0) is 22.3. The molecule has 0 bridgehead atoms. The summed E-state index contributed by atoms with van der Waals surface area (Å²) in [5.41, 5.74) is 1.69. The minimum atomic E-state index is -3.56. The van der Waals surface area contributed by atoms with E-state index in [1.54, 1.807) is 24.3 Å². The van der Waals surface area contributed by atoms with Crippen LogP contribution in [0.1, 0.15) is 5.56 Å². The number of halogens is 1. The second-order valence-corrected chi connectivity index (χ2v) is 10.2. The lowest BCUT2D eigenvalue weighted by Crippen LogP contribution is -2.40. The summed E-state index contributed by atoms with van der Waals surface area (Å²) in [6, 6.07) is 16.5. The molecule has 31 heavy (non-hydrogen) atoms. The SMILES string of the molecule is CS(=O)(=O)N(CC(=O)NCCSc1n[nH]c(-c2ccccc2)n1)Cc1ccc(Cl)cc1. The molecule has 3 rings (SSSR count). The van der Waals surface area contributed by atoms with Crippen molar-refractivity contribution in [3.05, 3.63) is 65.2 Å². The van der Waals surface area contributed by atoms with Crippen LogP contribution >= 0.6 is 23.4 Å². The van der Waals surface area contributed by atoms with Gasteiger partial charge in [-0.15, -0.1) is 5.10 Å². The largest absolute Gasteiger partial charge is 0.354 e. The number of aromatic nitrogens is 3. The summed E-state index contributed by atoms with van der Waals surface area (Å²) in [6.45, 7) is 0.194. The Morgan fingerprint density at radius 2 is 1.87 bits per heavy atom. The third kappa shape index (κ3) is 7.35. The van der Waals surface area contributed by atoms with Crippen molar-refractivity contribution in [3.63, 3.8) is 0 Å². The normalized spacial score (nSPS) is 11.6. The molecule has 0 aliphatic heterocycles. The van der Waals surface area contributed by atoms with Gasteiger partial charge in [-0.1, -0.05) is 65.8 Å². The van der Waals surface area contributed by atoms with Gasteiger partial charge in [0.05, 0.1) is 12.8 Å². The number of amides is 1. The highest BCUT2D eigenvalue weighted by atomic mass is 35.5. The summed E-state index contributed by atoms with van der Waals surface area (Å²) < 4.78 is 25.3. The first-order chi connectivity index (χ1) is 14.8. The molecule has 1 heterocycles. The number of hydrogen-bond donors (Lipinski definition) is 2. The van der Waals surface area contributed by atoms with Gasteiger partial charge in [0, 0.05) is 29.4 Å². The van der Waals surface area contributed by atoms with Gasteiger partial charge in [0.2, 0.25) is 21.1 Å². The lowest BCUT2D eigenvalue weighted by Gasteiger charge is -2.19. The molecule has 11 heteroatoms. The zero-order valence-corrected chi connectivity index (χ0v) is 19.2. The first-order valence-electron chi connectivity index (χ1n) is 9.38. The Balaban J connectivity index is 1.46. The highest BCUT2D eigenvalue weighted by molar-refractivity contribution is 7.99. The van der Waals surface area contributed by atoms with Gasteiger partial charge in [-0.05, 0) is 17.7 Å². The molecular weight excluding hydrogens is 458 g/mol. The maximum atomic E-state index is 12.3. The van der Waals surface area contributed by atoms with Crippen LogP contribution in [-0.2, 0) is 21.4 Å². The average molecular weight is 480 g/mol. The number of carbonyl (C=O) groups excluding carboxylic acids is 1. The topological polar surface area (TPSA) is 108 Å². The lowest BCUT2D eigenvalue weighted by molar-refractivity contribution is -0.121. The molecule has 3 aromatic rings. The van der Waals surface area contributed by atoms with Gasteiger partial charge in [-0.3, -0.25) is 9.89 Å². The molecule has 1 aromatic heterocycles. The van der Waals surface area contributed by atoms with E-state index in [1.807, 2.05) is 30.3 Å². The van der Waals surface area contributed by atoms with Gasteiger partial charge >= 0.3 is 0 Å². The standard InChI is InChI=1S/C20H22ClN5O3S2/c1-31(28,29)26(13-15-7-9-17(21)10-8-15)14-18(27)22-11-12-30-20-23-19(24-25-20)16-5-3-2-4-6-16/h2-10H,11-14H2,1H3,(H,22,27)(H,23,24,25). The van der Waals surface area contributed by atoms with Crippen LogP contribution in [0.25, 0.3) is 11.4 Å². The molecule has 164 valence electrons. The number of carbonyl (C=O) groups is 1. The van der Waals surface area contributed by atoms with Crippen LogP contribution in [0.2, 0.25) is 5.02 Å². The molecule has 0 saturated heterocycles. The Bertz CT molecular complexity index is 1110. The molecule has 1 amide bonds. The summed E-state index contributed by atoms with van der Waals surface area (Å²) in [7, 11) is -3.56. The Hall–Kier alpha value is -2.40. The summed E-state index contributed by atoms with van der Waals surface area (Å²) in [5.74, 6) is 0.853. The third-order valence-electron chi connectivity index (χ3n) is 4.23. The number of nitrogens with one attached hydrogen (secondary N) is 2. The number of H-pyrrole nitrogens is 1. The van der Waals surface area contributed by atoms with E-state index in [0.29, 0.717) is 28.3 Å². The van der Waals surface area contributed by atoms with Crippen molar-refractivity contribution in [1.29, 1.82) is 0 Å². The van der Waals surface area contributed by atoms with Crippen LogP contribution in [0, 0.1) is 0 Å². The molecule has 0 radical (unpaired) electrons. The van der Waals surface area contributed by atoms with Crippen LogP contribution in [0.4, 0.5) is 0 Å². The summed E-state index contributed by atoms with van der Waals surface area (Å²) in [5, 5.41) is 10.9. The minimum Gasteiger partial charge on any atom is -0.354 e. The maximum absolute atomic E-state index is 12.3. The average Bonchev–Trinajstić information content (AvgIpc) is 3.21. The van der Waals surface area contributed by atoms with E-state index >= 15 is 0 Å². The number of hydrogen-bond acceptors (Lipinski definition) is 6. The number of thioether (sulfide) groups is 1.